The number of hydrogen-bond acceptors (Lipinski definition) is 3. The SMILES string of the molecule is Cc1ccsc1C(OCCC1CC1)C(C)N. The van der Waals surface area contributed by atoms with Crippen LogP contribution in [0.15, 0.2) is 11.4 Å². The second-order valence-corrected chi connectivity index (χ2v) is 5.80. The summed E-state index contributed by atoms with van der Waals surface area (Å²) in [7, 11) is 0. The Bertz CT molecular complexity index is 330. The largest absolute Gasteiger partial charge is 0.371 e. The minimum atomic E-state index is 0.0663. The lowest BCUT2D eigenvalue weighted by molar-refractivity contribution is 0.0367. The lowest BCUT2D eigenvalue weighted by Crippen LogP contribution is -2.27. The Balaban J connectivity index is 1.91. The zero-order chi connectivity index (χ0) is 11.5. The van der Waals surface area contributed by atoms with E-state index in [1.54, 1.807) is 11.3 Å². The second kappa shape index (κ2) is 5.30. The van der Waals surface area contributed by atoms with E-state index >= 15 is 0 Å². The van der Waals surface area contributed by atoms with Crippen molar-refractivity contribution in [1.29, 1.82) is 0 Å². The number of rotatable bonds is 6. The molecule has 0 aliphatic heterocycles. The Morgan fingerprint density at radius 3 is 2.81 bits per heavy atom. The van der Waals surface area contributed by atoms with E-state index in [1.165, 1.54) is 29.7 Å². The van der Waals surface area contributed by atoms with Crippen molar-refractivity contribution in [3.63, 3.8) is 0 Å². The first-order valence-corrected chi connectivity index (χ1v) is 6.97. The lowest BCUT2D eigenvalue weighted by Gasteiger charge is -2.21. The van der Waals surface area contributed by atoms with E-state index in [0.717, 1.165) is 12.5 Å². The molecule has 1 aromatic heterocycles. The minimum absolute atomic E-state index is 0.0663. The summed E-state index contributed by atoms with van der Waals surface area (Å²) in [5.41, 5.74) is 7.32. The predicted molar refractivity (Wildman–Crippen MR) is 68.7 cm³/mol. The van der Waals surface area contributed by atoms with Crippen molar-refractivity contribution in [3.05, 3.63) is 21.9 Å². The average Bonchev–Trinajstić information content (AvgIpc) is 2.96. The molecule has 90 valence electrons. The molecule has 1 fully saturated rings. The number of nitrogens with two attached hydrogens (primary N) is 1. The predicted octanol–water partition coefficient (Wildman–Crippen LogP) is 3.26. The third-order valence-electron chi connectivity index (χ3n) is 3.16. The molecule has 1 saturated carbocycles. The number of aryl methyl sites for hydroxylation is 1. The molecule has 2 N–H and O–H groups in total. The van der Waals surface area contributed by atoms with Crippen LogP contribution in [0.3, 0.4) is 0 Å². The van der Waals surface area contributed by atoms with Gasteiger partial charge >= 0.3 is 0 Å². The molecule has 0 bridgehead atoms. The smallest absolute Gasteiger partial charge is 0.107 e. The van der Waals surface area contributed by atoms with Crippen LogP contribution in [0.2, 0.25) is 0 Å². The van der Waals surface area contributed by atoms with Crippen LogP contribution in [-0.2, 0) is 4.74 Å². The van der Waals surface area contributed by atoms with Crippen LogP contribution >= 0.6 is 11.3 Å². The summed E-state index contributed by atoms with van der Waals surface area (Å²) in [4.78, 5) is 1.30. The minimum Gasteiger partial charge on any atom is -0.371 e. The molecule has 1 aliphatic rings. The summed E-state index contributed by atoms with van der Waals surface area (Å²) in [5, 5.41) is 2.12. The van der Waals surface area contributed by atoms with Crippen molar-refractivity contribution in [2.24, 2.45) is 11.7 Å². The highest BCUT2D eigenvalue weighted by Gasteiger charge is 2.24. The second-order valence-electron chi connectivity index (χ2n) is 4.85. The Hall–Kier alpha value is -0.380. The van der Waals surface area contributed by atoms with Gasteiger partial charge in [0.15, 0.2) is 0 Å². The molecule has 0 saturated heterocycles. The summed E-state index contributed by atoms with van der Waals surface area (Å²) in [6.07, 6.45) is 4.07. The molecule has 0 spiro atoms. The topological polar surface area (TPSA) is 35.2 Å². The van der Waals surface area contributed by atoms with Gasteiger partial charge in [0.1, 0.15) is 6.10 Å². The molecule has 3 heteroatoms. The maximum atomic E-state index is 6.01. The van der Waals surface area contributed by atoms with E-state index < -0.39 is 0 Å². The Morgan fingerprint density at radius 1 is 1.56 bits per heavy atom. The van der Waals surface area contributed by atoms with E-state index in [1.807, 2.05) is 6.92 Å². The number of ether oxygens (including phenoxy) is 1. The van der Waals surface area contributed by atoms with Crippen molar-refractivity contribution < 1.29 is 4.74 Å². The van der Waals surface area contributed by atoms with E-state index in [0.29, 0.717) is 0 Å². The van der Waals surface area contributed by atoms with Crippen molar-refractivity contribution in [3.8, 4) is 0 Å². The summed E-state index contributed by atoms with van der Waals surface area (Å²) in [5.74, 6) is 0.929. The molecular weight excluding hydrogens is 218 g/mol. The first kappa shape index (κ1) is 12.1. The van der Waals surface area contributed by atoms with Gasteiger partial charge in [-0.15, -0.1) is 11.3 Å². The van der Waals surface area contributed by atoms with Crippen molar-refractivity contribution in [2.75, 3.05) is 6.61 Å². The van der Waals surface area contributed by atoms with Crippen molar-refractivity contribution in [2.45, 2.75) is 45.3 Å². The van der Waals surface area contributed by atoms with E-state index in [2.05, 4.69) is 18.4 Å². The highest BCUT2D eigenvalue weighted by Crippen LogP contribution is 2.34. The number of thiophene rings is 1. The van der Waals surface area contributed by atoms with Gasteiger partial charge in [0.25, 0.3) is 0 Å². The first-order valence-electron chi connectivity index (χ1n) is 6.09. The summed E-state index contributed by atoms with van der Waals surface area (Å²) in [6, 6.07) is 2.20. The molecule has 2 unspecified atom stereocenters. The molecule has 0 amide bonds. The van der Waals surface area contributed by atoms with Crippen LogP contribution in [0.5, 0.6) is 0 Å². The standard InChI is InChI=1S/C13H21NOS/c1-9-6-8-16-13(9)12(10(2)14)15-7-5-11-3-4-11/h6,8,10-12H,3-5,7,14H2,1-2H3. The van der Waals surface area contributed by atoms with Crippen LogP contribution < -0.4 is 5.73 Å². The fourth-order valence-electron chi connectivity index (χ4n) is 1.91. The molecule has 2 nitrogen and oxygen atoms in total. The van der Waals surface area contributed by atoms with Crippen molar-refractivity contribution >= 4 is 11.3 Å². The van der Waals surface area contributed by atoms with Crippen LogP contribution in [0, 0.1) is 12.8 Å². The molecule has 1 heterocycles. The zero-order valence-electron chi connectivity index (χ0n) is 10.1. The van der Waals surface area contributed by atoms with Gasteiger partial charge in [0.2, 0.25) is 0 Å². The van der Waals surface area contributed by atoms with Gasteiger partial charge in [-0.3, -0.25) is 0 Å². The molecule has 1 aliphatic carbocycles. The van der Waals surface area contributed by atoms with E-state index in [-0.39, 0.29) is 12.1 Å². The summed E-state index contributed by atoms with van der Waals surface area (Å²) >= 11 is 1.76. The van der Waals surface area contributed by atoms with Gasteiger partial charge in [-0.25, -0.2) is 0 Å². The number of hydrogen-bond donors (Lipinski definition) is 1. The zero-order valence-corrected chi connectivity index (χ0v) is 10.9. The van der Waals surface area contributed by atoms with Gasteiger partial charge in [-0.2, -0.15) is 0 Å². The maximum Gasteiger partial charge on any atom is 0.107 e. The molecule has 16 heavy (non-hydrogen) atoms. The summed E-state index contributed by atoms with van der Waals surface area (Å²) < 4.78 is 5.96. The lowest BCUT2D eigenvalue weighted by atomic mass is 10.1. The third kappa shape index (κ3) is 3.06. The first-order chi connectivity index (χ1) is 7.68. The maximum absolute atomic E-state index is 6.01. The average molecular weight is 239 g/mol. The fraction of sp³-hybridized carbons (Fsp3) is 0.692. The van der Waals surface area contributed by atoms with Gasteiger partial charge in [-0.05, 0) is 43.2 Å². The highest BCUT2D eigenvalue weighted by atomic mass is 32.1. The Labute approximate surface area is 102 Å². The Morgan fingerprint density at radius 2 is 2.31 bits per heavy atom. The van der Waals surface area contributed by atoms with Gasteiger partial charge < -0.3 is 10.5 Å². The van der Waals surface area contributed by atoms with Gasteiger partial charge in [-0.1, -0.05) is 12.8 Å². The molecular formula is C13H21NOS. The van der Waals surface area contributed by atoms with Crippen LogP contribution in [0.1, 0.15) is 42.7 Å². The molecule has 1 aromatic rings. The van der Waals surface area contributed by atoms with Gasteiger partial charge in [0, 0.05) is 17.5 Å². The fourth-order valence-corrected chi connectivity index (χ4v) is 3.00. The van der Waals surface area contributed by atoms with Crippen LogP contribution in [-0.4, -0.2) is 12.6 Å². The van der Waals surface area contributed by atoms with E-state index in [9.17, 15) is 0 Å². The normalized spacial score (nSPS) is 19.7. The molecule has 2 rings (SSSR count). The molecule has 0 radical (unpaired) electrons. The monoisotopic (exact) mass is 239 g/mol. The van der Waals surface area contributed by atoms with Crippen LogP contribution in [0.4, 0.5) is 0 Å². The molecule has 0 aromatic carbocycles. The van der Waals surface area contributed by atoms with E-state index in [4.69, 9.17) is 10.5 Å². The van der Waals surface area contributed by atoms with Crippen LogP contribution in [0.25, 0.3) is 0 Å². The Kier molecular flexibility index (Phi) is 4.00. The highest BCUT2D eigenvalue weighted by molar-refractivity contribution is 7.10. The molecule has 2 atom stereocenters. The third-order valence-corrected chi connectivity index (χ3v) is 4.24. The summed E-state index contributed by atoms with van der Waals surface area (Å²) in [6.45, 7) is 5.01. The quantitative estimate of drug-likeness (QED) is 0.827. The van der Waals surface area contributed by atoms with Gasteiger partial charge in [0.05, 0.1) is 0 Å². The van der Waals surface area contributed by atoms with Crippen molar-refractivity contribution in [1.82, 2.24) is 0 Å².